The Balaban J connectivity index is 2.25. The van der Waals surface area contributed by atoms with Crippen LogP contribution in [0.5, 0.6) is 0 Å². The predicted octanol–water partition coefficient (Wildman–Crippen LogP) is 2.22. The number of hydrogen-bond acceptors (Lipinski definition) is 5. The number of hydrogen-bond donors (Lipinski definition) is 1. The molecule has 2 aromatic rings. The third-order valence-electron chi connectivity index (χ3n) is 3.12. The zero-order valence-electron chi connectivity index (χ0n) is 12.6. The molecular weight excluding hydrogens is 318 g/mol. The number of amides is 2. The zero-order valence-corrected chi connectivity index (χ0v) is 13.4. The lowest BCUT2D eigenvalue weighted by molar-refractivity contribution is -0.380. The number of nitrogens with one attached hydrogen (secondary N) is 1. The summed E-state index contributed by atoms with van der Waals surface area (Å²) in [6.07, 6.45) is 0. The fraction of sp³-hybridized carbons (Fsp3) is 0.200. The van der Waals surface area contributed by atoms with Gasteiger partial charge in [0.2, 0.25) is 5.91 Å². The largest absolute Gasteiger partial charge is 0.347 e. The Bertz CT molecular complexity index is 727. The van der Waals surface area contributed by atoms with Gasteiger partial charge in [-0.05, 0) is 5.56 Å². The summed E-state index contributed by atoms with van der Waals surface area (Å²) in [5.74, 6) is -0.812. The van der Waals surface area contributed by atoms with Gasteiger partial charge in [0.15, 0.2) is 0 Å². The van der Waals surface area contributed by atoms with Crippen molar-refractivity contribution < 1.29 is 14.5 Å². The minimum atomic E-state index is -0.849. The van der Waals surface area contributed by atoms with Gasteiger partial charge in [-0.3, -0.25) is 19.7 Å². The second-order valence-electron chi connectivity index (χ2n) is 4.98. The van der Waals surface area contributed by atoms with Gasteiger partial charge < -0.3 is 10.2 Å². The van der Waals surface area contributed by atoms with Crippen molar-refractivity contribution in [2.24, 2.45) is 0 Å². The first-order valence-corrected chi connectivity index (χ1v) is 7.58. The smallest absolute Gasteiger partial charge is 0.324 e. The Hall–Kier alpha value is -2.74. The number of thiophene rings is 1. The standard InChI is InChI=1S/C15H15N3O4S/c1-17(2)15(20)13(10-6-4-3-5-7-10)16-14(19)11-8-12(18(21)22)23-9-11/h3-9,13H,1-2H3,(H,16,19). The Morgan fingerprint density at radius 2 is 1.91 bits per heavy atom. The second-order valence-corrected chi connectivity index (χ2v) is 5.87. The van der Waals surface area contributed by atoms with E-state index in [0.717, 1.165) is 11.3 Å². The zero-order chi connectivity index (χ0) is 17.0. The molecular formula is C15H15N3O4S. The van der Waals surface area contributed by atoms with E-state index in [9.17, 15) is 19.7 Å². The maximum atomic E-state index is 12.3. The maximum Gasteiger partial charge on any atom is 0.324 e. The molecule has 0 bridgehead atoms. The van der Waals surface area contributed by atoms with E-state index in [1.807, 2.05) is 6.07 Å². The lowest BCUT2D eigenvalue weighted by atomic mass is 10.1. The molecule has 0 fully saturated rings. The lowest BCUT2D eigenvalue weighted by Crippen LogP contribution is -2.39. The minimum Gasteiger partial charge on any atom is -0.347 e. The highest BCUT2D eigenvalue weighted by atomic mass is 32.1. The number of carbonyl (C=O) groups is 2. The number of benzene rings is 1. The van der Waals surface area contributed by atoms with Crippen molar-refractivity contribution in [2.75, 3.05) is 14.1 Å². The molecule has 1 aromatic carbocycles. The molecule has 2 amide bonds. The summed E-state index contributed by atoms with van der Waals surface area (Å²) < 4.78 is 0. The molecule has 2 rings (SSSR count). The van der Waals surface area contributed by atoms with Crippen LogP contribution in [0.2, 0.25) is 0 Å². The highest BCUT2D eigenvalue weighted by molar-refractivity contribution is 7.13. The molecule has 8 heteroatoms. The molecule has 0 radical (unpaired) electrons. The van der Waals surface area contributed by atoms with Crippen LogP contribution in [0.1, 0.15) is 22.0 Å². The molecule has 23 heavy (non-hydrogen) atoms. The second kappa shape index (κ2) is 7.01. The molecule has 1 N–H and O–H groups in total. The molecule has 0 spiro atoms. The summed E-state index contributed by atoms with van der Waals surface area (Å²) in [4.78, 5) is 36.2. The summed E-state index contributed by atoms with van der Waals surface area (Å²) in [6, 6.07) is 9.18. The van der Waals surface area contributed by atoms with Crippen molar-refractivity contribution in [2.45, 2.75) is 6.04 Å². The number of rotatable bonds is 5. The molecule has 0 aliphatic rings. The normalized spacial score (nSPS) is 11.6. The van der Waals surface area contributed by atoms with E-state index in [1.54, 1.807) is 38.4 Å². The van der Waals surface area contributed by atoms with E-state index in [1.165, 1.54) is 16.3 Å². The first-order chi connectivity index (χ1) is 10.9. The number of carbonyl (C=O) groups excluding carboxylic acids is 2. The summed E-state index contributed by atoms with van der Waals surface area (Å²) >= 11 is 0.868. The van der Waals surface area contributed by atoms with Crippen LogP contribution in [-0.4, -0.2) is 35.7 Å². The van der Waals surface area contributed by atoms with Crippen molar-refractivity contribution in [1.29, 1.82) is 0 Å². The van der Waals surface area contributed by atoms with Crippen LogP contribution < -0.4 is 5.32 Å². The van der Waals surface area contributed by atoms with Crippen molar-refractivity contribution in [1.82, 2.24) is 10.2 Å². The van der Waals surface area contributed by atoms with Crippen molar-refractivity contribution in [3.8, 4) is 0 Å². The fourth-order valence-electron chi connectivity index (χ4n) is 1.95. The molecule has 1 heterocycles. The summed E-state index contributed by atoms with van der Waals surface area (Å²) in [5.41, 5.74) is 0.804. The Morgan fingerprint density at radius 3 is 2.43 bits per heavy atom. The molecule has 7 nitrogen and oxygen atoms in total. The van der Waals surface area contributed by atoms with Gasteiger partial charge in [-0.25, -0.2) is 0 Å². The van der Waals surface area contributed by atoms with Gasteiger partial charge in [0.25, 0.3) is 5.91 Å². The molecule has 1 aromatic heterocycles. The Kier molecular flexibility index (Phi) is 5.07. The lowest BCUT2D eigenvalue weighted by Gasteiger charge is -2.21. The maximum absolute atomic E-state index is 12.3. The van der Waals surface area contributed by atoms with Crippen LogP contribution >= 0.6 is 11.3 Å². The van der Waals surface area contributed by atoms with Gasteiger partial charge in [0.1, 0.15) is 6.04 Å². The van der Waals surface area contributed by atoms with Gasteiger partial charge in [-0.15, -0.1) is 0 Å². The van der Waals surface area contributed by atoms with Gasteiger partial charge >= 0.3 is 5.00 Å². The topological polar surface area (TPSA) is 92.6 Å². The highest BCUT2D eigenvalue weighted by Crippen LogP contribution is 2.23. The monoisotopic (exact) mass is 333 g/mol. The van der Waals surface area contributed by atoms with Crippen LogP contribution in [0.3, 0.4) is 0 Å². The third-order valence-corrected chi connectivity index (χ3v) is 4.00. The van der Waals surface area contributed by atoms with E-state index in [4.69, 9.17) is 0 Å². The van der Waals surface area contributed by atoms with Crippen molar-refractivity contribution >= 4 is 28.2 Å². The van der Waals surface area contributed by atoms with Crippen LogP contribution in [0, 0.1) is 10.1 Å². The fourth-order valence-corrected chi connectivity index (χ4v) is 2.65. The number of likely N-dealkylation sites (N-methyl/N-ethyl adjacent to an activating group) is 1. The highest BCUT2D eigenvalue weighted by Gasteiger charge is 2.25. The Morgan fingerprint density at radius 1 is 1.26 bits per heavy atom. The average Bonchev–Trinajstić information content (AvgIpc) is 3.03. The first-order valence-electron chi connectivity index (χ1n) is 6.70. The molecule has 0 aliphatic carbocycles. The van der Waals surface area contributed by atoms with Gasteiger partial charge in [-0.2, -0.15) is 0 Å². The summed E-state index contributed by atoms with van der Waals surface area (Å²) in [5, 5.41) is 14.6. The summed E-state index contributed by atoms with van der Waals surface area (Å²) in [7, 11) is 3.19. The van der Waals surface area contributed by atoms with Crippen molar-refractivity contribution in [3.63, 3.8) is 0 Å². The van der Waals surface area contributed by atoms with E-state index in [-0.39, 0.29) is 16.5 Å². The molecule has 0 aliphatic heterocycles. The van der Waals surface area contributed by atoms with E-state index >= 15 is 0 Å². The number of nitrogens with zero attached hydrogens (tertiary/aromatic N) is 2. The SMILES string of the molecule is CN(C)C(=O)C(NC(=O)c1csc([N+](=O)[O-])c1)c1ccccc1. The predicted molar refractivity (Wildman–Crippen MR) is 86.3 cm³/mol. The molecule has 0 saturated carbocycles. The van der Waals surface area contributed by atoms with E-state index in [0.29, 0.717) is 5.56 Å². The van der Waals surface area contributed by atoms with Crippen LogP contribution in [0.15, 0.2) is 41.8 Å². The average molecular weight is 333 g/mol. The van der Waals surface area contributed by atoms with E-state index < -0.39 is 16.9 Å². The quantitative estimate of drug-likeness (QED) is 0.671. The molecule has 0 saturated heterocycles. The van der Waals surface area contributed by atoms with Crippen LogP contribution in [0.25, 0.3) is 0 Å². The molecule has 120 valence electrons. The van der Waals surface area contributed by atoms with Gasteiger partial charge in [-0.1, -0.05) is 41.7 Å². The summed E-state index contributed by atoms with van der Waals surface area (Å²) in [6.45, 7) is 0. The van der Waals surface area contributed by atoms with Crippen LogP contribution in [0.4, 0.5) is 5.00 Å². The van der Waals surface area contributed by atoms with Crippen molar-refractivity contribution in [3.05, 3.63) is 63.0 Å². The number of nitro groups is 1. The first kappa shape index (κ1) is 16.6. The van der Waals surface area contributed by atoms with E-state index in [2.05, 4.69) is 5.32 Å². The van der Waals surface area contributed by atoms with Gasteiger partial charge in [0.05, 0.1) is 10.5 Å². The Labute approximate surface area is 136 Å². The van der Waals surface area contributed by atoms with Crippen LogP contribution in [-0.2, 0) is 4.79 Å². The minimum absolute atomic E-state index is 0.120. The third kappa shape index (κ3) is 3.92. The molecule has 1 unspecified atom stereocenters. The molecule has 1 atom stereocenters. The van der Waals surface area contributed by atoms with Gasteiger partial charge in [0, 0.05) is 25.5 Å².